The summed E-state index contributed by atoms with van der Waals surface area (Å²) in [5, 5.41) is 13.6. The summed E-state index contributed by atoms with van der Waals surface area (Å²) in [4.78, 5) is 0.0714. The molecule has 1 atom stereocenters. The van der Waals surface area contributed by atoms with Crippen molar-refractivity contribution in [2.75, 3.05) is 6.54 Å². The van der Waals surface area contributed by atoms with Crippen LogP contribution < -0.4 is 9.50 Å². The number of aliphatic hydroxyl groups is 1. The molecule has 2 aromatic rings. The second kappa shape index (κ2) is 7.34. The minimum Gasteiger partial charge on any atom is -0.387 e. The summed E-state index contributed by atoms with van der Waals surface area (Å²) in [7, 11) is -3.94. The van der Waals surface area contributed by atoms with Crippen LogP contribution in [0.1, 0.15) is 32.4 Å². The molecule has 0 radical (unpaired) electrons. The quantitative estimate of drug-likeness (QED) is 0.784. The fourth-order valence-electron chi connectivity index (χ4n) is 2.10. The summed E-state index contributed by atoms with van der Waals surface area (Å²) in [6.07, 6.45) is -0.883. The van der Waals surface area contributed by atoms with Crippen molar-refractivity contribution in [1.82, 2.24) is 5.32 Å². The molecule has 0 amide bonds. The number of para-hydroxylation sites is 1. The molecule has 2 rings (SSSR count). The van der Waals surface area contributed by atoms with Gasteiger partial charge in [0.2, 0.25) is 0 Å². The number of aliphatic hydroxyl groups excluding tert-OH is 1. The van der Waals surface area contributed by atoms with Gasteiger partial charge in [0.25, 0.3) is 0 Å². The first-order valence-corrected chi connectivity index (χ1v) is 9.11. The molecule has 0 fully saturated rings. The number of hydrogen-bond acceptors (Lipinski definition) is 5. The van der Waals surface area contributed by atoms with Gasteiger partial charge in [-0.05, 0) is 39.0 Å². The Morgan fingerprint density at radius 1 is 1.04 bits per heavy atom. The predicted molar refractivity (Wildman–Crippen MR) is 93.4 cm³/mol. The SMILES string of the molecule is CC(C)(C)NC[C@H](O)c1ccccc1OS(=O)(=O)c1ccccc1. The molecule has 0 aliphatic rings. The van der Waals surface area contributed by atoms with Crippen LogP contribution in [0.25, 0.3) is 0 Å². The topological polar surface area (TPSA) is 75.6 Å². The fraction of sp³-hybridized carbons (Fsp3) is 0.333. The zero-order valence-electron chi connectivity index (χ0n) is 14.1. The number of benzene rings is 2. The van der Waals surface area contributed by atoms with E-state index in [-0.39, 0.29) is 22.7 Å². The Balaban J connectivity index is 2.23. The largest absolute Gasteiger partial charge is 0.387 e. The van der Waals surface area contributed by atoms with E-state index < -0.39 is 16.2 Å². The number of hydrogen-bond donors (Lipinski definition) is 2. The average molecular weight is 349 g/mol. The van der Waals surface area contributed by atoms with E-state index in [0.29, 0.717) is 5.56 Å². The molecule has 5 nitrogen and oxygen atoms in total. The lowest BCUT2D eigenvalue weighted by atomic mass is 10.1. The van der Waals surface area contributed by atoms with Crippen molar-refractivity contribution in [3.05, 3.63) is 60.2 Å². The number of nitrogens with one attached hydrogen (secondary N) is 1. The summed E-state index contributed by atoms with van der Waals surface area (Å²) in [5.41, 5.74) is 0.265. The van der Waals surface area contributed by atoms with E-state index in [0.717, 1.165) is 0 Å². The van der Waals surface area contributed by atoms with Gasteiger partial charge in [-0.15, -0.1) is 0 Å². The van der Waals surface area contributed by atoms with Gasteiger partial charge in [-0.1, -0.05) is 36.4 Å². The Hall–Kier alpha value is -1.89. The molecule has 0 heterocycles. The van der Waals surface area contributed by atoms with Gasteiger partial charge in [-0.3, -0.25) is 0 Å². The van der Waals surface area contributed by atoms with Crippen LogP contribution in [0.4, 0.5) is 0 Å². The minimum atomic E-state index is -3.94. The van der Waals surface area contributed by atoms with Crippen molar-refractivity contribution < 1.29 is 17.7 Å². The lowest BCUT2D eigenvalue weighted by molar-refractivity contribution is 0.161. The highest BCUT2D eigenvalue weighted by Crippen LogP contribution is 2.28. The molecule has 2 N–H and O–H groups in total. The molecule has 0 aliphatic carbocycles. The third-order valence-electron chi connectivity index (χ3n) is 3.34. The summed E-state index contributed by atoms with van der Waals surface area (Å²) in [6.45, 7) is 6.25. The predicted octanol–water partition coefficient (Wildman–Crippen LogP) is 2.88. The lowest BCUT2D eigenvalue weighted by Gasteiger charge is -2.23. The van der Waals surface area contributed by atoms with Crippen molar-refractivity contribution in [2.45, 2.75) is 37.3 Å². The van der Waals surface area contributed by atoms with Crippen molar-refractivity contribution in [2.24, 2.45) is 0 Å². The van der Waals surface area contributed by atoms with Crippen LogP contribution >= 0.6 is 0 Å². The van der Waals surface area contributed by atoms with Gasteiger partial charge in [0.15, 0.2) is 0 Å². The van der Waals surface area contributed by atoms with Gasteiger partial charge in [0, 0.05) is 17.6 Å². The van der Waals surface area contributed by atoms with E-state index in [1.165, 1.54) is 18.2 Å². The van der Waals surface area contributed by atoms with Crippen molar-refractivity contribution >= 4 is 10.1 Å². The number of rotatable bonds is 6. The van der Waals surface area contributed by atoms with E-state index in [1.54, 1.807) is 36.4 Å². The molecule has 0 bridgehead atoms. The minimum absolute atomic E-state index is 0.0714. The number of β-amino-alcohol motifs (C(OH)–C–C–N with tert-alkyl or cyclic N) is 1. The monoisotopic (exact) mass is 349 g/mol. The van der Waals surface area contributed by atoms with Crippen molar-refractivity contribution in [1.29, 1.82) is 0 Å². The van der Waals surface area contributed by atoms with E-state index in [4.69, 9.17) is 4.18 Å². The third-order valence-corrected chi connectivity index (χ3v) is 4.58. The smallest absolute Gasteiger partial charge is 0.339 e. The Morgan fingerprint density at radius 3 is 2.25 bits per heavy atom. The Labute approximate surface area is 143 Å². The third kappa shape index (κ3) is 5.06. The molecule has 0 saturated heterocycles. The summed E-state index contributed by atoms with van der Waals surface area (Å²) in [5.74, 6) is 0.129. The zero-order chi connectivity index (χ0) is 17.8. The second-order valence-corrected chi connectivity index (χ2v) is 8.08. The lowest BCUT2D eigenvalue weighted by Crippen LogP contribution is -2.38. The summed E-state index contributed by atoms with van der Waals surface area (Å²) >= 11 is 0. The molecule has 24 heavy (non-hydrogen) atoms. The fourth-order valence-corrected chi connectivity index (χ4v) is 3.07. The highest BCUT2D eigenvalue weighted by Gasteiger charge is 2.21. The molecule has 0 unspecified atom stereocenters. The van der Waals surface area contributed by atoms with Gasteiger partial charge in [0.05, 0.1) is 6.10 Å². The van der Waals surface area contributed by atoms with Gasteiger partial charge in [-0.2, -0.15) is 8.42 Å². The van der Waals surface area contributed by atoms with Crippen molar-refractivity contribution in [3.8, 4) is 5.75 Å². The van der Waals surface area contributed by atoms with Crippen LogP contribution in [0.2, 0.25) is 0 Å². The van der Waals surface area contributed by atoms with Crippen LogP contribution in [0.3, 0.4) is 0 Å². The van der Waals surface area contributed by atoms with Gasteiger partial charge in [-0.25, -0.2) is 0 Å². The van der Waals surface area contributed by atoms with Crippen LogP contribution in [0.15, 0.2) is 59.5 Å². The van der Waals surface area contributed by atoms with Crippen LogP contribution in [0.5, 0.6) is 5.75 Å². The Morgan fingerprint density at radius 2 is 1.62 bits per heavy atom. The Kier molecular flexibility index (Phi) is 5.64. The molecule has 6 heteroatoms. The van der Waals surface area contributed by atoms with Crippen LogP contribution in [0, 0.1) is 0 Å². The first kappa shape index (κ1) is 18.4. The molecular weight excluding hydrogens is 326 g/mol. The molecule has 130 valence electrons. The molecule has 0 aromatic heterocycles. The Bertz CT molecular complexity index is 767. The zero-order valence-corrected chi connectivity index (χ0v) is 14.9. The van der Waals surface area contributed by atoms with E-state index in [9.17, 15) is 13.5 Å². The highest BCUT2D eigenvalue weighted by atomic mass is 32.2. The maximum Gasteiger partial charge on any atom is 0.339 e. The molecule has 0 spiro atoms. The van der Waals surface area contributed by atoms with E-state index >= 15 is 0 Å². The van der Waals surface area contributed by atoms with Gasteiger partial charge >= 0.3 is 10.1 Å². The normalized spacial score (nSPS) is 13.5. The van der Waals surface area contributed by atoms with E-state index in [2.05, 4.69) is 5.32 Å². The molecule has 2 aromatic carbocycles. The first-order valence-electron chi connectivity index (χ1n) is 7.70. The molecule has 0 saturated carbocycles. The maximum absolute atomic E-state index is 12.4. The first-order chi connectivity index (χ1) is 11.2. The maximum atomic E-state index is 12.4. The summed E-state index contributed by atoms with van der Waals surface area (Å²) in [6, 6.07) is 14.5. The van der Waals surface area contributed by atoms with Crippen LogP contribution in [-0.4, -0.2) is 25.6 Å². The molecular formula is C18H23NO4S. The van der Waals surface area contributed by atoms with Crippen LogP contribution in [-0.2, 0) is 10.1 Å². The highest BCUT2D eigenvalue weighted by molar-refractivity contribution is 7.87. The second-order valence-electron chi connectivity index (χ2n) is 6.54. The van der Waals surface area contributed by atoms with Gasteiger partial charge in [0.1, 0.15) is 10.6 Å². The van der Waals surface area contributed by atoms with E-state index in [1.807, 2.05) is 20.8 Å². The standard InChI is InChI=1S/C18H23NO4S/c1-18(2,3)19-13-16(20)15-11-7-8-12-17(15)23-24(21,22)14-9-5-4-6-10-14/h4-12,16,19-20H,13H2,1-3H3/t16-/m0/s1. The average Bonchev–Trinajstić information content (AvgIpc) is 2.53. The molecule has 0 aliphatic heterocycles. The summed E-state index contributed by atoms with van der Waals surface area (Å²) < 4.78 is 30.0. The van der Waals surface area contributed by atoms with Crippen molar-refractivity contribution in [3.63, 3.8) is 0 Å². The van der Waals surface area contributed by atoms with Gasteiger partial charge < -0.3 is 14.6 Å².